The standard InChI is InChI=1S/C8H8I2OS/c1-11-8-6(9)3-5(12-2)4-7(8)10/h3-4H,1-2H3. The van der Waals surface area contributed by atoms with Gasteiger partial charge in [-0.1, -0.05) is 0 Å². The van der Waals surface area contributed by atoms with Gasteiger partial charge in [-0.2, -0.15) is 0 Å². The fourth-order valence-electron chi connectivity index (χ4n) is 0.849. The highest BCUT2D eigenvalue weighted by Gasteiger charge is 2.06. The molecule has 0 atom stereocenters. The summed E-state index contributed by atoms with van der Waals surface area (Å²) in [5.74, 6) is 0.981. The zero-order valence-corrected chi connectivity index (χ0v) is 11.9. The molecule has 0 amide bonds. The Kier molecular flexibility index (Phi) is 4.45. The molecule has 0 radical (unpaired) electrons. The van der Waals surface area contributed by atoms with Gasteiger partial charge in [-0.25, -0.2) is 0 Å². The Hall–Kier alpha value is 0.830. The van der Waals surface area contributed by atoms with E-state index in [1.54, 1.807) is 18.9 Å². The highest BCUT2D eigenvalue weighted by atomic mass is 127. The molecular weight excluding hydrogens is 398 g/mol. The molecule has 0 aromatic heterocycles. The van der Waals surface area contributed by atoms with Gasteiger partial charge in [0.2, 0.25) is 0 Å². The zero-order chi connectivity index (χ0) is 9.14. The molecule has 0 bridgehead atoms. The largest absolute Gasteiger partial charge is 0.495 e. The van der Waals surface area contributed by atoms with Crippen molar-refractivity contribution in [2.75, 3.05) is 13.4 Å². The third-order valence-corrected chi connectivity index (χ3v) is 3.72. The van der Waals surface area contributed by atoms with Crippen molar-refractivity contribution in [3.63, 3.8) is 0 Å². The first-order valence-electron chi connectivity index (χ1n) is 3.26. The summed E-state index contributed by atoms with van der Waals surface area (Å²) < 4.78 is 7.60. The van der Waals surface area contributed by atoms with Crippen molar-refractivity contribution in [1.82, 2.24) is 0 Å². The van der Waals surface area contributed by atoms with Gasteiger partial charge in [-0.15, -0.1) is 11.8 Å². The molecule has 1 aromatic rings. The molecule has 12 heavy (non-hydrogen) atoms. The van der Waals surface area contributed by atoms with Crippen LogP contribution < -0.4 is 4.74 Å². The van der Waals surface area contributed by atoms with Crippen LogP contribution >= 0.6 is 56.9 Å². The molecular formula is C8H8I2OS. The predicted molar refractivity (Wildman–Crippen MR) is 70.2 cm³/mol. The number of hydrogen-bond acceptors (Lipinski definition) is 2. The second-order valence-corrected chi connectivity index (χ2v) is 5.33. The van der Waals surface area contributed by atoms with Gasteiger partial charge < -0.3 is 4.74 Å². The second kappa shape index (κ2) is 4.90. The number of ether oxygens (including phenoxy) is 1. The third kappa shape index (κ3) is 2.41. The Morgan fingerprint density at radius 3 is 2.08 bits per heavy atom. The Labute approximate surface area is 104 Å². The van der Waals surface area contributed by atoms with Crippen LogP contribution in [0.5, 0.6) is 5.75 Å². The molecule has 66 valence electrons. The fraction of sp³-hybridized carbons (Fsp3) is 0.250. The first kappa shape index (κ1) is 10.9. The van der Waals surface area contributed by atoms with Crippen molar-refractivity contribution in [2.45, 2.75) is 4.90 Å². The second-order valence-electron chi connectivity index (χ2n) is 2.12. The molecule has 0 aliphatic heterocycles. The van der Waals surface area contributed by atoms with Crippen molar-refractivity contribution in [3.05, 3.63) is 19.3 Å². The average Bonchev–Trinajstić information content (AvgIpc) is 2.03. The van der Waals surface area contributed by atoms with E-state index in [0.717, 1.165) is 5.75 Å². The van der Waals surface area contributed by atoms with E-state index in [9.17, 15) is 0 Å². The maximum Gasteiger partial charge on any atom is 0.145 e. The van der Waals surface area contributed by atoms with Gasteiger partial charge in [0, 0.05) is 4.90 Å². The number of rotatable bonds is 2. The molecule has 0 saturated heterocycles. The SMILES string of the molecule is COc1c(I)cc(SC)cc1I. The minimum absolute atomic E-state index is 0.981. The summed E-state index contributed by atoms with van der Waals surface area (Å²) in [6.07, 6.45) is 2.08. The minimum atomic E-state index is 0.981. The van der Waals surface area contributed by atoms with Crippen LogP contribution in [0.4, 0.5) is 0 Å². The van der Waals surface area contributed by atoms with Gasteiger partial charge in [0.15, 0.2) is 0 Å². The molecule has 0 N–H and O–H groups in total. The third-order valence-electron chi connectivity index (χ3n) is 1.41. The van der Waals surface area contributed by atoms with Crippen LogP contribution in [0.15, 0.2) is 17.0 Å². The predicted octanol–water partition coefficient (Wildman–Crippen LogP) is 3.63. The van der Waals surface area contributed by atoms with Crippen LogP contribution in [-0.4, -0.2) is 13.4 Å². The zero-order valence-electron chi connectivity index (χ0n) is 6.73. The van der Waals surface area contributed by atoms with Gasteiger partial charge >= 0.3 is 0 Å². The first-order valence-corrected chi connectivity index (χ1v) is 6.64. The van der Waals surface area contributed by atoms with E-state index in [4.69, 9.17) is 4.74 Å². The molecule has 4 heteroatoms. The maximum atomic E-state index is 5.25. The van der Waals surface area contributed by atoms with Gasteiger partial charge in [-0.05, 0) is 63.6 Å². The summed E-state index contributed by atoms with van der Waals surface area (Å²) in [5.41, 5.74) is 0. The van der Waals surface area contributed by atoms with E-state index < -0.39 is 0 Å². The van der Waals surface area contributed by atoms with E-state index in [0.29, 0.717) is 0 Å². The molecule has 1 nitrogen and oxygen atoms in total. The molecule has 0 fully saturated rings. The molecule has 0 heterocycles. The van der Waals surface area contributed by atoms with Gasteiger partial charge in [0.1, 0.15) is 5.75 Å². The summed E-state index contributed by atoms with van der Waals surface area (Å²) >= 11 is 6.33. The molecule has 1 aromatic carbocycles. The van der Waals surface area contributed by atoms with Crippen LogP contribution in [0.25, 0.3) is 0 Å². The number of methoxy groups -OCH3 is 1. The molecule has 1 rings (SSSR count). The summed E-state index contributed by atoms with van der Waals surface area (Å²) in [7, 11) is 1.71. The van der Waals surface area contributed by atoms with Crippen molar-refractivity contribution >= 4 is 56.9 Å². The molecule has 0 spiro atoms. The van der Waals surface area contributed by atoms with Crippen LogP contribution in [0.3, 0.4) is 0 Å². The topological polar surface area (TPSA) is 9.23 Å². The first-order chi connectivity index (χ1) is 5.69. The van der Waals surface area contributed by atoms with E-state index in [1.807, 2.05) is 0 Å². The van der Waals surface area contributed by atoms with Crippen molar-refractivity contribution in [2.24, 2.45) is 0 Å². The molecule has 0 aliphatic carbocycles. The van der Waals surface area contributed by atoms with Crippen LogP contribution in [0.1, 0.15) is 0 Å². The number of halogens is 2. The number of thioether (sulfide) groups is 1. The average molecular weight is 406 g/mol. The highest BCUT2D eigenvalue weighted by Crippen LogP contribution is 2.31. The lowest BCUT2D eigenvalue weighted by Crippen LogP contribution is -1.90. The minimum Gasteiger partial charge on any atom is -0.495 e. The Morgan fingerprint density at radius 2 is 1.75 bits per heavy atom. The molecule has 0 saturated carbocycles. The highest BCUT2D eigenvalue weighted by molar-refractivity contribution is 14.1. The Bertz CT molecular complexity index is 265. The maximum absolute atomic E-state index is 5.25. The normalized spacial score (nSPS) is 10.0. The summed E-state index contributed by atoms with van der Waals surface area (Å²) in [4.78, 5) is 1.28. The summed E-state index contributed by atoms with van der Waals surface area (Å²) in [6, 6.07) is 4.26. The van der Waals surface area contributed by atoms with Crippen LogP contribution in [0, 0.1) is 7.14 Å². The van der Waals surface area contributed by atoms with Gasteiger partial charge in [0.05, 0.1) is 14.3 Å². The molecule has 0 unspecified atom stereocenters. The smallest absolute Gasteiger partial charge is 0.145 e. The summed E-state index contributed by atoms with van der Waals surface area (Å²) in [6.45, 7) is 0. The van der Waals surface area contributed by atoms with E-state index in [2.05, 4.69) is 63.6 Å². The number of benzene rings is 1. The van der Waals surface area contributed by atoms with Gasteiger partial charge in [-0.3, -0.25) is 0 Å². The van der Waals surface area contributed by atoms with Crippen molar-refractivity contribution in [3.8, 4) is 5.75 Å². The summed E-state index contributed by atoms with van der Waals surface area (Å²) in [5, 5.41) is 0. The lowest BCUT2D eigenvalue weighted by Gasteiger charge is -2.07. The van der Waals surface area contributed by atoms with Gasteiger partial charge in [0.25, 0.3) is 0 Å². The lowest BCUT2D eigenvalue weighted by atomic mass is 10.3. The Balaban J connectivity index is 3.18. The van der Waals surface area contributed by atoms with E-state index in [-0.39, 0.29) is 0 Å². The monoisotopic (exact) mass is 406 g/mol. The quantitative estimate of drug-likeness (QED) is 0.549. The lowest BCUT2D eigenvalue weighted by molar-refractivity contribution is 0.408. The fourth-order valence-corrected chi connectivity index (χ4v) is 3.95. The van der Waals surface area contributed by atoms with Crippen molar-refractivity contribution in [1.29, 1.82) is 0 Å². The van der Waals surface area contributed by atoms with Crippen molar-refractivity contribution < 1.29 is 4.74 Å². The number of hydrogen-bond donors (Lipinski definition) is 0. The molecule has 0 aliphatic rings. The van der Waals surface area contributed by atoms with E-state index in [1.165, 1.54) is 12.0 Å². The van der Waals surface area contributed by atoms with Crippen LogP contribution in [-0.2, 0) is 0 Å². The van der Waals surface area contributed by atoms with E-state index >= 15 is 0 Å². The Morgan fingerprint density at radius 1 is 1.25 bits per heavy atom. The van der Waals surface area contributed by atoms with Crippen LogP contribution in [0.2, 0.25) is 0 Å².